The number of rotatable bonds is 5. The van der Waals surface area contributed by atoms with E-state index in [9.17, 15) is 0 Å². The summed E-state index contributed by atoms with van der Waals surface area (Å²) in [5.74, 6) is 0. The summed E-state index contributed by atoms with van der Waals surface area (Å²) in [5.41, 5.74) is 1.23. The number of fused-ring (bicyclic) bond motifs is 1. The average molecular weight is 254 g/mol. The number of hydrogen-bond acceptors (Lipinski definition) is 4. The van der Waals surface area contributed by atoms with Crippen LogP contribution in [0.25, 0.3) is 0 Å². The Labute approximate surface area is 108 Å². The molecular formula is C13H22N2OS. The van der Waals surface area contributed by atoms with Crippen LogP contribution in [0.1, 0.15) is 41.8 Å². The molecule has 1 heterocycles. The van der Waals surface area contributed by atoms with Crippen molar-refractivity contribution < 1.29 is 4.74 Å². The van der Waals surface area contributed by atoms with Crippen molar-refractivity contribution in [2.75, 3.05) is 20.8 Å². The van der Waals surface area contributed by atoms with Crippen LogP contribution in [0.15, 0.2) is 0 Å². The van der Waals surface area contributed by atoms with Crippen LogP contribution in [0.2, 0.25) is 0 Å². The number of hydrogen-bond donors (Lipinski definition) is 1. The van der Waals surface area contributed by atoms with Gasteiger partial charge in [-0.25, -0.2) is 4.98 Å². The number of likely N-dealkylation sites (N-methyl/N-ethyl adjacent to an activating group) is 1. The van der Waals surface area contributed by atoms with Gasteiger partial charge in [0.2, 0.25) is 0 Å². The average Bonchev–Trinajstić information content (AvgIpc) is 2.80. The lowest BCUT2D eigenvalue weighted by molar-refractivity contribution is 0.109. The molecule has 1 aliphatic rings. The van der Waals surface area contributed by atoms with E-state index in [-0.39, 0.29) is 5.54 Å². The van der Waals surface area contributed by atoms with Gasteiger partial charge in [-0.05, 0) is 39.2 Å². The van der Waals surface area contributed by atoms with Crippen molar-refractivity contribution in [1.29, 1.82) is 0 Å². The minimum Gasteiger partial charge on any atom is -0.382 e. The third-order valence-electron chi connectivity index (χ3n) is 3.73. The molecule has 17 heavy (non-hydrogen) atoms. The van der Waals surface area contributed by atoms with Gasteiger partial charge in [0.15, 0.2) is 0 Å². The van der Waals surface area contributed by atoms with Gasteiger partial charge in [-0.2, -0.15) is 0 Å². The minimum atomic E-state index is -0.100. The predicted molar refractivity (Wildman–Crippen MR) is 71.7 cm³/mol. The van der Waals surface area contributed by atoms with Crippen LogP contribution >= 0.6 is 11.3 Å². The molecule has 1 unspecified atom stereocenters. The maximum Gasteiger partial charge on any atom is 0.116 e. The van der Waals surface area contributed by atoms with Crippen LogP contribution in [-0.2, 0) is 23.1 Å². The van der Waals surface area contributed by atoms with E-state index in [1.165, 1.54) is 34.8 Å². The molecule has 0 aliphatic heterocycles. The van der Waals surface area contributed by atoms with E-state index in [2.05, 4.69) is 12.2 Å². The quantitative estimate of drug-likeness (QED) is 0.876. The lowest BCUT2D eigenvalue weighted by atomic mass is 9.98. The van der Waals surface area contributed by atoms with Crippen LogP contribution in [-0.4, -0.2) is 25.7 Å². The Bertz CT molecular complexity index is 348. The van der Waals surface area contributed by atoms with Crippen molar-refractivity contribution in [2.24, 2.45) is 0 Å². The van der Waals surface area contributed by atoms with Crippen LogP contribution in [0.5, 0.6) is 0 Å². The first-order valence-corrected chi connectivity index (χ1v) is 7.24. The molecule has 0 amide bonds. The molecule has 4 heteroatoms. The molecule has 0 fully saturated rings. The Hall–Kier alpha value is -0.450. The standard InChI is InChI=1S/C13H22N2OS/c1-4-13(14-2,9-16-3)12-15-10-7-5-6-8-11(10)17-12/h14H,4-9H2,1-3H3. The molecule has 2 rings (SSSR count). The molecule has 1 atom stereocenters. The van der Waals surface area contributed by atoms with Gasteiger partial charge < -0.3 is 10.1 Å². The van der Waals surface area contributed by atoms with Gasteiger partial charge in [0.1, 0.15) is 5.01 Å². The van der Waals surface area contributed by atoms with Gasteiger partial charge in [-0.15, -0.1) is 11.3 Å². The first-order chi connectivity index (χ1) is 8.25. The molecule has 96 valence electrons. The number of nitrogens with one attached hydrogen (secondary N) is 1. The molecule has 3 nitrogen and oxygen atoms in total. The lowest BCUT2D eigenvalue weighted by Gasteiger charge is -2.29. The molecule has 0 aromatic carbocycles. The van der Waals surface area contributed by atoms with E-state index in [0.717, 1.165) is 12.8 Å². The Morgan fingerprint density at radius 2 is 2.18 bits per heavy atom. The monoisotopic (exact) mass is 254 g/mol. The summed E-state index contributed by atoms with van der Waals surface area (Å²) < 4.78 is 5.38. The zero-order valence-electron chi connectivity index (χ0n) is 11.0. The maximum absolute atomic E-state index is 5.38. The fourth-order valence-electron chi connectivity index (χ4n) is 2.47. The molecule has 0 spiro atoms. The van der Waals surface area contributed by atoms with E-state index in [1.807, 2.05) is 18.4 Å². The van der Waals surface area contributed by atoms with Gasteiger partial charge in [-0.1, -0.05) is 6.92 Å². The van der Waals surface area contributed by atoms with Crippen molar-refractivity contribution in [3.63, 3.8) is 0 Å². The second-order valence-electron chi connectivity index (χ2n) is 4.71. The Morgan fingerprint density at radius 3 is 2.76 bits per heavy atom. The van der Waals surface area contributed by atoms with Gasteiger partial charge in [0.05, 0.1) is 17.8 Å². The Morgan fingerprint density at radius 1 is 1.41 bits per heavy atom. The van der Waals surface area contributed by atoms with Crippen LogP contribution < -0.4 is 5.32 Å². The fraction of sp³-hybridized carbons (Fsp3) is 0.769. The van der Waals surface area contributed by atoms with Crippen molar-refractivity contribution in [1.82, 2.24) is 10.3 Å². The third-order valence-corrected chi connectivity index (χ3v) is 5.09. The Kier molecular flexibility index (Phi) is 4.17. The molecule has 1 aliphatic carbocycles. The van der Waals surface area contributed by atoms with Gasteiger partial charge in [-0.3, -0.25) is 0 Å². The predicted octanol–water partition coefficient (Wildman–Crippen LogP) is 2.49. The first-order valence-electron chi connectivity index (χ1n) is 6.42. The molecule has 0 radical (unpaired) electrons. The van der Waals surface area contributed by atoms with E-state index in [1.54, 1.807) is 7.11 Å². The van der Waals surface area contributed by atoms with Crippen LogP contribution in [0, 0.1) is 0 Å². The second-order valence-corrected chi connectivity index (χ2v) is 5.80. The number of aromatic nitrogens is 1. The number of nitrogens with zero attached hydrogens (tertiary/aromatic N) is 1. The van der Waals surface area contributed by atoms with Crippen molar-refractivity contribution in [3.8, 4) is 0 Å². The highest BCUT2D eigenvalue weighted by Gasteiger charge is 2.33. The number of ether oxygens (including phenoxy) is 1. The van der Waals surface area contributed by atoms with Gasteiger partial charge in [0, 0.05) is 12.0 Å². The smallest absolute Gasteiger partial charge is 0.116 e. The van der Waals surface area contributed by atoms with E-state index < -0.39 is 0 Å². The topological polar surface area (TPSA) is 34.1 Å². The maximum atomic E-state index is 5.38. The van der Waals surface area contributed by atoms with Gasteiger partial charge in [0.25, 0.3) is 0 Å². The zero-order valence-corrected chi connectivity index (χ0v) is 11.8. The number of methoxy groups -OCH3 is 1. The fourth-order valence-corrected chi connectivity index (χ4v) is 3.88. The number of thiazole rings is 1. The van der Waals surface area contributed by atoms with Crippen molar-refractivity contribution in [3.05, 3.63) is 15.6 Å². The van der Waals surface area contributed by atoms with Crippen molar-refractivity contribution in [2.45, 2.75) is 44.6 Å². The molecule has 0 saturated heterocycles. The lowest BCUT2D eigenvalue weighted by Crippen LogP contribution is -2.43. The molecule has 0 saturated carbocycles. The summed E-state index contributed by atoms with van der Waals surface area (Å²) in [5, 5.41) is 4.62. The zero-order chi connectivity index (χ0) is 12.3. The minimum absolute atomic E-state index is 0.100. The summed E-state index contributed by atoms with van der Waals surface area (Å²) in [6, 6.07) is 0. The molecular weight excluding hydrogens is 232 g/mol. The van der Waals surface area contributed by atoms with Crippen molar-refractivity contribution >= 4 is 11.3 Å². The van der Waals surface area contributed by atoms with Crippen LogP contribution in [0.3, 0.4) is 0 Å². The SMILES string of the molecule is CCC(COC)(NC)c1nc2c(s1)CCCC2. The van der Waals surface area contributed by atoms with E-state index >= 15 is 0 Å². The third kappa shape index (κ3) is 2.39. The molecule has 1 aromatic rings. The summed E-state index contributed by atoms with van der Waals surface area (Å²) in [6.45, 7) is 2.88. The summed E-state index contributed by atoms with van der Waals surface area (Å²) in [6.07, 6.45) is 5.98. The van der Waals surface area contributed by atoms with Gasteiger partial charge >= 0.3 is 0 Å². The molecule has 1 aromatic heterocycles. The molecule has 1 N–H and O–H groups in total. The number of aryl methyl sites for hydroxylation is 2. The highest BCUT2D eigenvalue weighted by Crippen LogP contribution is 2.34. The highest BCUT2D eigenvalue weighted by atomic mass is 32.1. The normalized spacial score (nSPS) is 18.8. The first kappa shape index (κ1) is 13.0. The Balaban J connectivity index is 2.32. The summed E-state index contributed by atoms with van der Waals surface area (Å²) in [4.78, 5) is 6.36. The van der Waals surface area contributed by atoms with Crippen LogP contribution in [0.4, 0.5) is 0 Å². The molecule has 0 bridgehead atoms. The van der Waals surface area contributed by atoms with E-state index in [0.29, 0.717) is 6.61 Å². The second kappa shape index (κ2) is 5.46. The highest BCUT2D eigenvalue weighted by molar-refractivity contribution is 7.11. The summed E-state index contributed by atoms with van der Waals surface area (Å²) >= 11 is 1.88. The largest absolute Gasteiger partial charge is 0.382 e. The van der Waals surface area contributed by atoms with E-state index in [4.69, 9.17) is 9.72 Å². The summed E-state index contributed by atoms with van der Waals surface area (Å²) in [7, 11) is 3.76.